The molecule has 25 heavy (non-hydrogen) atoms. The van der Waals surface area contributed by atoms with Gasteiger partial charge in [-0.25, -0.2) is 0 Å². The molecule has 0 bridgehead atoms. The Hall–Kier alpha value is -2.46. The van der Waals surface area contributed by atoms with Gasteiger partial charge in [0, 0.05) is 22.2 Å². The predicted molar refractivity (Wildman–Crippen MR) is 101 cm³/mol. The van der Waals surface area contributed by atoms with Crippen molar-refractivity contribution < 1.29 is 9.47 Å². The van der Waals surface area contributed by atoms with E-state index < -0.39 is 0 Å². The van der Waals surface area contributed by atoms with E-state index in [2.05, 4.69) is 43.1 Å². The smallest absolute Gasteiger partial charge is 0.231 e. The summed E-state index contributed by atoms with van der Waals surface area (Å²) in [5, 5.41) is 1.31. The zero-order chi connectivity index (χ0) is 17.4. The van der Waals surface area contributed by atoms with Gasteiger partial charge in [-0.05, 0) is 74.5 Å². The number of aryl methyl sites for hydroxylation is 3. The first-order chi connectivity index (χ1) is 12.2. The largest absolute Gasteiger partial charge is 0.454 e. The van der Waals surface area contributed by atoms with E-state index in [-0.39, 0.29) is 0 Å². The summed E-state index contributed by atoms with van der Waals surface area (Å²) in [4.78, 5) is 3.68. The zero-order valence-corrected chi connectivity index (χ0v) is 14.8. The van der Waals surface area contributed by atoms with Gasteiger partial charge < -0.3 is 20.2 Å². The Morgan fingerprint density at radius 1 is 1.04 bits per heavy atom. The van der Waals surface area contributed by atoms with Gasteiger partial charge in [-0.15, -0.1) is 0 Å². The number of hydrogen-bond donors (Lipinski definition) is 2. The summed E-state index contributed by atoms with van der Waals surface area (Å²) in [5.41, 5.74) is 13.2. The number of aromatic amines is 1. The zero-order valence-electron chi connectivity index (χ0n) is 14.8. The van der Waals surface area contributed by atoms with Crippen molar-refractivity contribution in [3.63, 3.8) is 0 Å². The highest BCUT2D eigenvalue weighted by Gasteiger charge is 2.18. The SMILES string of the molecule is Cc1ccc2c(CCCCN)c(-c3ccc4c(c3)OCO4)[nH]c2c1C. The average Bonchev–Trinajstić information content (AvgIpc) is 3.22. The minimum Gasteiger partial charge on any atom is -0.454 e. The molecule has 3 aromatic rings. The van der Waals surface area contributed by atoms with Crippen molar-refractivity contribution in [3.8, 4) is 22.8 Å². The first-order valence-electron chi connectivity index (χ1n) is 8.90. The summed E-state index contributed by atoms with van der Waals surface area (Å²) in [6, 6.07) is 10.6. The van der Waals surface area contributed by atoms with Gasteiger partial charge in [-0.1, -0.05) is 12.1 Å². The van der Waals surface area contributed by atoms with Gasteiger partial charge >= 0.3 is 0 Å². The molecule has 0 fully saturated rings. The van der Waals surface area contributed by atoms with E-state index in [9.17, 15) is 0 Å². The monoisotopic (exact) mass is 336 g/mol. The van der Waals surface area contributed by atoms with E-state index in [4.69, 9.17) is 15.2 Å². The Labute approximate surface area is 147 Å². The number of fused-ring (bicyclic) bond motifs is 2. The van der Waals surface area contributed by atoms with E-state index in [0.29, 0.717) is 6.79 Å². The van der Waals surface area contributed by atoms with Crippen LogP contribution in [0.2, 0.25) is 0 Å². The molecule has 2 aromatic carbocycles. The number of benzene rings is 2. The molecule has 0 amide bonds. The van der Waals surface area contributed by atoms with Crippen LogP contribution >= 0.6 is 0 Å². The van der Waals surface area contributed by atoms with Crippen LogP contribution in [-0.2, 0) is 6.42 Å². The summed E-state index contributed by atoms with van der Waals surface area (Å²) in [6.07, 6.45) is 3.15. The maximum Gasteiger partial charge on any atom is 0.231 e. The van der Waals surface area contributed by atoms with Crippen LogP contribution < -0.4 is 15.2 Å². The third-order valence-electron chi connectivity index (χ3n) is 5.15. The van der Waals surface area contributed by atoms with E-state index in [0.717, 1.165) is 42.9 Å². The fraction of sp³-hybridized carbons (Fsp3) is 0.333. The molecular weight excluding hydrogens is 312 g/mol. The summed E-state index contributed by atoms with van der Waals surface area (Å²) in [5.74, 6) is 1.63. The van der Waals surface area contributed by atoms with Crippen LogP contribution in [0.1, 0.15) is 29.5 Å². The first kappa shape index (κ1) is 16.0. The number of aromatic nitrogens is 1. The minimum atomic E-state index is 0.299. The molecule has 1 aliphatic heterocycles. The molecule has 1 aromatic heterocycles. The molecule has 130 valence electrons. The Balaban J connectivity index is 1.86. The van der Waals surface area contributed by atoms with E-state index in [1.807, 2.05) is 6.07 Å². The lowest BCUT2D eigenvalue weighted by molar-refractivity contribution is 0.174. The Morgan fingerprint density at radius 2 is 1.88 bits per heavy atom. The van der Waals surface area contributed by atoms with Crippen molar-refractivity contribution in [2.75, 3.05) is 13.3 Å². The first-order valence-corrected chi connectivity index (χ1v) is 8.90. The van der Waals surface area contributed by atoms with Crippen molar-refractivity contribution >= 4 is 10.9 Å². The highest BCUT2D eigenvalue weighted by molar-refractivity contribution is 5.93. The number of rotatable bonds is 5. The Morgan fingerprint density at radius 3 is 2.72 bits per heavy atom. The van der Waals surface area contributed by atoms with Gasteiger partial charge in [0.05, 0.1) is 0 Å². The lowest BCUT2D eigenvalue weighted by atomic mass is 9.98. The van der Waals surface area contributed by atoms with Gasteiger partial charge in [-0.3, -0.25) is 0 Å². The number of nitrogens with one attached hydrogen (secondary N) is 1. The van der Waals surface area contributed by atoms with Gasteiger partial charge in [0.25, 0.3) is 0 Å². The number of nitrogens with two attached hydrogens (primary N) is 1. The normalized spacial score (nSPS) is 12.9. The molecule has 4 nitrogen and oxygen atoms in total. The van der Waals surface area contributed by atoms with Crippen LogP contribution in [0.25, 0.3) is 22.2 Å². The van der Waals surface area contributed by atoms with E-state index >= 15 is 0 Å². The molecule has 0 saturated heterocycles. The molecule has 0 atom stereocenters. The van der Waals surface area contributed by atoms with Gasteiger partial charge in [0.15, 0.2) is 11.5 Å². The number of unbranched alkanes of at least 4 members (excludes halogenated alkanes) is 1. The molecule has 1 aliphatic rings. The van der Waals surface area contributed by atoms with Gasteiger partial charge in [0.1, 0.15) is 0 Å². The second-order valence-corrected chi connectivity index (χ2v) is 6.72. The van der Waals surface area contributed by atoms with Gasteiger partial charge in [-0.2, -0.15) is 0 Å². The summed E-state index contributed by atoms with van der Waals surface area (Å²) >= 11 is 0. The fourth-order valence-electron chi connectivity index (χ4n) is 3.57. The second kappa shape index (κ2) is 6.45. The number of ether oxygens (including phenoxy) is 2. The predicted octanol–water partition coefficient (Wildman–Crippen LogP) is 4.46. The summed E-state index contributed by atoms with van der Waals surface area (Å²) < 4.78 is 11.0. The average molecular weight is 336 g/mol. The standard InChI is InChI=1S/C21H24N2O2/c1-13-6-8-17-16(5-3-4-10-22)21(23-20(17)14(13)2)15-7-9-18-19(11-15)25-12-24-18/h6-9,11,23H,3-5,10,12,22H2,1-2H3. The number of hydrogen-bond acceptors (Lipinski definition) is 3. The molecule has 2 heterocycles. The maximum absolute atomic E-state index is 5.70. The highest BCUT2D eigenvalue weighted by atomic mass is 16.7. The molecule has 0 saturated carbocycles. The van der Waals surface area contributed by atoms with Crippen molar-refractivity contribution in [2.45, 2.75) is 33.1 Å². The Kier molecular flexibility index (Phi) is 4.14. The summed E-state index contributed by atoms with van der Waals surface area (Å²) in [7, 11) is 0. The highest BCUT2D eigenvalue weighted by Crippen LogP contribution is 2.39. The topological polar surface area (TPSA) is 60.3 Å². The van der Waals surface area contributed by atoms with Crippen LogP contribution in [0.15, 0.2) is 30.3 Å². The molecule has 0 aliphatic carbocycles. The molecule has 0 radical (unpaired) electrons. The van der Waals surface area contributed by atoms with Crippen LogP contribution in [0, 0.1) is 13.8 Å². The van der Waals surface area contributed by atoms with Crippen molar-refractivity contribution in [1.82, 2.24) is 4.98 Å². The van der Waals surface area contributed by atoms with Crippen molar-refractivity contribution in [2.24, 2.45) is 5.73 Å². The second-order valence-electron chi connectivity index (χ2n) is 6.72. The van der Waals surface area contributed by atoms with Crippen molar-refractivity contribution in [3.05, 3.63) is 47.0 Å². The van der Waals surface area contributed by atoms with Crippen LogP contribution in [0.5, 0.6) is 11.5 Å². The van der Waals surface area contributed by atoms with Crippen LogP contribution in [0.3, 0.4) is 0 Å². The van der Waals surface area contributed by atoms with Gasteiger partial charge in [0.2, 0.25) is 6.79 Å². The summed E-state index contributed by atoms with van der Waals surface area (Å²) in [6.45, 7) is 5.37. The Bertz CT molecular complexity index is 927. The molecule has 0 spiro atoms. The molecule has 4 rings (SSSR count). The lowest BCUT2D eigenvalue weighted by Crippen LogP contribution is -1.99. The molecule has 4 heteroatoms. The lowest BCUT2D eigenvalue weighted by Gasteiger charge is -2.06. The number of H-pyrrole nitrogens is 1. The van der Waals surface area contributed by atoms with E-state index in [1.54, 1.807) is 0 Å². The molecule has 3 N–H and O–H groups in total. The third kappa shape index (κ3) is 2.76. The molecule has 0 unspecified atom stereocenters. The van der Waals surface area contributed by atoms with Crippen LogP contribution in [-0.4, -0.2) is 18.3 Å². The maximum atomic E-state index is 5.70. The van der Waals surface area contributed by atoms with Crippen molar-refractivity contribution in [1.29, 1.82) is 0 Å². The fourth-order valence-corrected chi connectivity index (χ4v) is 3.57. The quantitative estimate of drug-likeness (QED) is 0.676. The third-order valence-corrected chi connectivity index (χ3v) is 5.15. The minimum absolute atomic E-state index is 0.299. The molecular formula is C21H24N2O2. The van der Waals surface area contributed by atoms with E-state index in [1.165, 1.54) is 33.3 Å². The van der Waals surface area contributed by atoms with Crippen LogP contribution in [0.4, 0.5) is 0 Å².